The first kappa shape index (κ1) is 39.3. The highest BCUT2D eigenvalue weighted by molar-refractivity contribution is 5.84. The van der Waals surface area contributed by atoms with Crippen molar-refractivity contribution in [2.75, 3.05) is 13.2 Å². The molecular weight excluding hydrogens is 677 g/mol. The number of nitrogens with one attached hydrogen (secondary N) is 2. The number of rotatable bonds is 15. The molecule has 4 aromatic rings. The summed E-state index contributed by atoms with van der Waals surface area (Å²) < 4.78 is 41.9. The summed E-state index contributed by atoms with van der Waals surface area (Å²) in [5.74, 6) is -2.08. The maximum atomic E-state index is 14.0. The second-order valence-corrected chi connectivity index (χ2v) is 12.0. The van der Waals surface area contributed by atoms with Gasteiger partial charge in [0.05, 0.1) is 18.8 Å². The van der Waals surface area contributed by atoms with Gasteiger partial charge in [0, 0.05) is 23.4 Å². The van der Waals surface area contributed by atoms with Gasteiger partial charge in [-0.2, -0.15) is 13.2 Å². The fourth-order valence-electron chi connectivity index (χ4n) is 5.61. The second kappa shape index (κ2) is 18.1. The minimum absolute atomic E-state index is 0.0830. The van der Waals surface area contributed by atoms with Crippen LogP contribution < -0.4 is 10.6 Å². The minimum Gasteiger partial charge on any atom is -0.394 e. The summed E-state index contributed by atoms with van der Waals surface area (Å²) in [6, 6.07) is 20.2. The standard InChI is InChI=1S/C39H37F3N4O6/c1-24-29(14-12-26-6-3-7-27(18-26)20-43-35(22-47)37(49)45-51)8-4-10-32(24)33-11-5-9-30(25(33)2)15-16-31-19-28(13-17-34(31)39(40,41)42)21-44-36(23-48)38(50)46-52/h3-19,35-36,43-44,47-48H,20-23H2,1-2H3/b14-12+,16-15+. The first-order valence-electron chi connectivity index (χ1n) is 16.2. The Morgan fingerprint density at radius 1 is 0.673 bits per heavy atom. The van der Waals surface area contributed by atoms with Crippen LogP contribution in [0.4, 0.5) is 13.2 Å². The van der Waals surface area contributed by atoms with Gasteiger partial charge in [-0.25, -0.2) is 0 Å². The van der Waals surface area contributed by atoms with Crippen LogP contribution in [0.15, 0.2) is 89.2 Å². The van der Waals surface area contributed by atoms with Crippen molar-refractivity contribution in [2.24, 2.45) is 10.4 Å². The molecule has 0 aromatic heterocycles. The molecule has 0 radical (unpaired) electrons. The number of benzene rings is 4. The predicted octanol–water partition coefficient (Wildman–Crippen LogP) is 6.82. The number of aliphatic hydroxyl groups is 2. The average molecular weight is 715 g/mol. The van der Waals surface area contributed by atoms with Gasteiger partial charge in [-0.1, -0.05) is 91.0 Å². The lowest BCUT2D eigenvalue weighted by Gasteiger charge is -2.15. The van der Waals surface area contributed by atoms with Crippen molar-refractivity contribution in [1.82, 2.24) is 10.6 Å². The number of halogens is 3. The SMILES string of the molecule is Cc1c(/C=C/c2cccc(CNC(CO)C(=O)N=O)c2)cccc1-c1cccc(/C=C/c2cc(CNC(CO)C(=O)N=O)ccc2C(F)(F)F)c1C. The Bertz CT molecular complexity index is 1990. The van der Waals surface area contributed by atoms with E-state index in [1.807, 2.05) is 86.7 Å². The van der Waals surface area contributed by atoms with Crippen molar-refractivity contribution in [1.29, 1.82) is 0 Å². The maximum Gasteiger partial charge on any atom is 0.416 e. The molecule has 0 bridgehead atoms. The molecule has 4 aromatic carbocycles. The molecule has 270 valence electrons. The minimum atomic E-state index is -4.63. The number of nitroso groups, excluding NO2 is 2. The van der Waals surface area contributed by atoms with Crippen LogP contribution in [-0.2, 0) is 28.9 Å². The van der Waals surface area contributed by atoms with Crippen LogP contribution in [0, 0.1) is 23.7 Å². The number of hydrogen-bond donors (Lipinski definition) is 4. The Labute approximate surface area is 298 Å². The van der Waals surface area contributed by atoms with E-state index < -0.39 is 48.9 Å². The van der Waals surface area contributed by atoms with Gasteiger partial charge in [-0.05, 0) is 81.6 Å². The maximum absolute atomic E-state index is 14.0. The van der Waals surface area contributed by atoms with Crippen molar-refractivity contribution < 1.29 is 33.0 Å². The molecular formula is C39H37F3N4O6. The summed E-state index contributed by atoms with van der Waals surface area (Å²) in [4.78, 5) is 44.2. The molecule has 10 nitrogen and oxygen atoms in total. The molecule has 0 aliphatic heterocycles. The number of carbonyl (C=O) groups is 2. The highest BCUT2D eigenvalue weighted by atomic mass is 19.4. The monoisotopic (exact) mass is 714 g/mol. The average Bonchev–Trinajstić information content (AvgIpc) is 3.14. The number of alkyl halides is 3. The van der Waals surface area contributed by atoms with Crippen LogP contribution in [0.25, 0.3) is 35.4 Å². The van der Waals surface area contributed by atoms with Crippen molar-refractivity contribution >= 4 is 36.1 Å². The molecule has 2 atom stereocenters. The summed E-state index contributed by atoms with van der Waals surface area (Å²) in [5, 5.41) is 28.8. The van der Waals surface area contributed by atoms with E-state index in [-0.39, 0.29) is 18.7 Å². The number of nitrogens with zero attached hydrogens (tertiary/aromatic N) is 2. The van der Waals surface area contributed by atoms with E-state index in [9.17, 15) is 42.8 Å². The lowest BCUT2D eigenvalue weighted by molar-refractivity contribution is -0.137. The number of aliphatic hydroxyl groups excluding tert-OH is 2. The highest BCUT2D eigenvalue weighted by Gasteiger charge is 2.33. The summed E-state index contributed by atoms with van der Waals surface area (Å²) in [6.45, 7) is 2.79. The smallest absolute Gasteiger partial charge is 0.394 e. The van der Waals surface area contributed by atoms with Gasteiger partial charge in [0.2, 0.25) is 0 Å². The topological polar surface area (TPSA) is 158 Å². The lowest BCUT2D eigenvalue weighted by Crippen LogP contribution is -2.38. The highest BCUT2D eigenvalue weighted by Crippen LogP contribution is 2.35. The molecule has 0 heterocycles. The van der Waals surface area contributed by atoms with Crippen molar-refractivity contribution in [2.45, 2.75) is 45.2 Å². The van der Waals surface area contributed by atoms with E-state index >= 15 is 0 Å². The Hall–Kier alpha value is -5.47. The van der Waals surface area contributed by atoms with Gasteiger partial charge in [-0.3, -0.25) is 20.2 Å². The molecule has 2 amide bonds. The Morgan fingerprint density at radius 3 is 1.65 bits per heavy atom. The quantitative estimate of drug-likeness (QED) is 0.0772. The predicted molar refractivity (Wildman–Crippen MR) is 194 cm³/mol. The molecule has 0 spiro atoms. The van der Waals surface area contributed by atoms with E-state index in [1.54, 1.807) is 6.08 Å². The van der Waals surface area contributed by atoms with E-state index in [1.165, 1.54) is 18.2 Å². The second-order valence-electron chi connectivity index (χ2n) is 12.0. The van der Waals surface area contributed by atoms with Crippen molar-refractivity contribution in [3.8, 4) is 11.1 Å². The van der Waals surface area contributed by atoms with Crippen molar-refractivity contribution in [3.63, 3.8) is 0 Å². The molecule has 0 aliphatic carbocycles. The van der Waals surface area contributed by atoms with Gasteiger partial charge in [0.15, 0.2) is 0 Å². The Morgan fingerprint density at radius 2 is 1.15 bits per heavy atom. The van der Waals surface area contributed by atoms with E-state index in [4.69, 9.17) is 0 Å². The molecule has 4 rings (SSSR count). The first-order chi connectivity index (χ1) is 24.9. The summed E-state index contributed by atoms with van der Waals surface area (Å²) in [7, 11) is 0. The fraction of sp³-hybridized carbons (Fsp3) is 0.231. The molecule has 0 fully saturated rings. The third kappa shape index (κ3) is 10.1. The number of carbonyl (C=O) groups excluding carboxylic acids is 2. The first-order valence-corrected chi connectivity index (χ1v) is 16.2. The Kier molecular flexibility index (Phi) is 13.7. The summed E-state index contributed by atoms with van der Waals surface area (Å²) in [5.41, 5.74) is 6.49. The van der Waals surface area contributed by atoms with Gasteiger partial charge < -0.3 is 10.2 Å². The van der Waals surface area contributed by atoms with Crippen LogP contribution in [0.2, 0.25) is 0 Å². The summed E-state index contributed by atoms with van der Waals surface area (Å²) >= 11 is 0. The molecule has 52 heavy (non-hydrogen) atoms. The van der Waals surface area contributed by atoms with Crippen LogP contribution >= 0.6 is 0 Å². The van der Waals surface area contributed by atoms with Crippen molar-refractivity contribution in [3.05, 3.63) is 139 Å². The lowest BCUT2D eigenvalue weighted by atomic mass is 9.91. The van der Waals surface area contributed by atoms with Gasteiger partial charge in [-0.15, -0.1) is 9.81 Å². The normalized spacial score (nSPS) is 13.0. The molecule has 13 heteroatoms. The Balaban J connectivity index is 1.58. The van der Waals surface area contributed by atoms with Crippen LogP contribution in [-0.4, -0.2) is 47.3 Å². The van der Waals surface area contributed by atoms with Gasteiger partial charge >= 0.3 is 18.0 Å². The third-order valence-corrected chi connectivity index (χ3v) is 8.56. The zero-order valence-electron chi connectivity index (χ0n) is 28.4. The molecule has 0 saturated carbocycles. The van der Waals surface area contributed by atoms with Crippen LogP contribution in [0.3, 0.4) is 0 Å². The zero-order chi connectivity index (χ0) is 37.8. The molecule has 2 unspecified atom stereocenters. The zero-order valence-corrected chi connectivity index (χ0v) is 28.4. The van der Waals surface area contributed by atoms with Gasteiger partial charge in [0.25, 0.3) is 0 Å². The van der Waals surface area contributed by atoms with Gasteiger partial charge in [0.1, 0.15) is 12.1 Å². The van der Waals surface area contributed by atoms with Crippen LogP contribution in [0.5, 0.6) is 0 Å². The third-order valence-electron chi connectivity index (χ3n) is 8.56. The largest absolute Gasteiger partial charge is 0.416 e. The molecule has 0 saturated heterocycles. The number of amides is 2. The molecule has 0 aliphatic rings. The van der Waals surface area contributed by atoms with E-state index in [2.05, 4.69) is 21.0 Å². The molecule has 4 N–H and O–H groups in total. The van der Waals surface area contributed by atoms with E-state index in [0.717, 1.165) is 45.0 Å². The van der Waals surface area contributed by atoms with E-state index in [0.29, 0.717) is 11.1 Å². The number of hydrogen-bond acceptors (Lipinski definition) is 8. The van der Waals surface area contributed by atoms with Crippen LogP contribution in [0.1, 0.15) is 50.1 Å². The summed E-state index contributed by atoms with van der Waals surface area (Å²) in [6.07, 6.45) is 2.28. The fourth-order valence-corrected chi connectivity index (χ4v) is 5.61.